The molecule has 2 bridgehead atoms. The highest BCUT2D eigenvalue weighted by atomic mass is 28.4. The Balaban J connectivity index is 2.17. The lowest BCUT2D eigenvalue weighted by Crippen LogP contribution is -2.49. The summed E-state index contributed by atoms with van der Waals surface area (Å²) in [4.78, 5) is 14.0. The third kappa shape index (κ3) is 3.62. The van der Waals surface area contributed by atoms with E-state index in [0.717, 1.165) is 24.0 Å². The first kappa shape index (κ1) is 23.0. The van der Waals surface area contributed by atoms with Crippen LogP contribution in [0.15, 0.2) is 35.9 Å². The fourth-order valence-electron chi connectivity index (χ4n) is 4.80. The zero-order valence-corrected chi connectivity index (χ0v) is 21.2. The Morgan fingerprint density at radius 3 is 2.40 bits per heavy atom. The minimum Gasteiger partial charge on any atom is -0.496 e. The molecule has 0 fully saturated rings. The number of carbonyl (C=O) groups excluding carboxylic acids is 1. The minimum atomic E-state index is -1.98. The van der Waals surface area contributed by atoms with Crippen molar-refractivity contribution in [3.63, 3.8) is 0 Å². The summed E-state index contributed by atoms with van der Waals surface area (Å²) in [6.07, 6.45) is 1.46. The standard InChI is InChI=1S/C26H38O3Si/c1-16-14-19-17(2)22(29-30(9,10)25(3,4)5)15-20(26(19,6)7)24(27)23-18(16)12-11-13-21(23)28-8/h11-13,20,22H,1,14-15H2,2-10H3/t20?,22-/m0/s1. The van der Waals surface area contributed by atoms with E-state index >= 15 is 0 Å². The summed E-state index contributed by atoms with van der Waals surface area (Å²) in [5.74, 6) is 0.655. The molecule has 1 aromatic carbocycles. The van der Waals surface area contributed by atoms with Gasteiger partial charge in [-0.2, -0.15) is 0 Å². The Labute approximate surface area is 183 Å². The Kier molecular flexibility index (Phi) is 5.75. The molecule has 0 heterocycles. The molecule has 1 aromatic rings. The van der Waals surface area contributed by atoms with Crippen molar-refractivity contribution in [1.82, 2.24) is 0 Å². The molecule has 2 aliphatic rings. The van der Waals surface area contributed by atoms with E-state index in [1.807, 2.05) is 18.2 Å². The van der Waals surface area contributed by atoms with Crippen molar-refractivity contribution in [2.45, 2.75) is 78.6 Å². The van der Waals surface area contributed by atoms with E-state index in [-0.39, 0.29) is 28.3 Å². The SMILES string of the molecule is C=C1CC2=C(C)[C@@H](O[Si](C)(C)C(C)(C)C)CC(C(=O)c3c(OC)cccc31)C2(C)C. The van der Waals surface area contributed by atoms with E-state index in [1.54, 1.807) is 7.11 Å². The van der Waals surface area contributed by atoms with Crippen LogP contribution in [0, 0.1) is 11.3 Å². The molecule has 1 unspecified atom stereocenters. The molecule has 0 spiro atoms. The number of ether oxygens (including phenoxy) is 1. The molecule has 3 nitrogen and oxygen atoms in total. The molecule has 3 rings (SSSR count). The number of rotatable bonds is 3. The summed E-state index contributed by atoms with van der Waals surface area (Å²) in [5, 5.41) is 0.121. The van der Waals surface area contributed by atoms with Crippen LogP contribution in [0.4, 0.5) is 0 Å². The minimum absolute atomic E-state index is 0.0214. The van der Waals surface area contributed by atoms with Crippen LogP contribution in [0.25, 0.3) is 5.57 Å². The summed E-state index contributed by atoms with van der Waals surface area (Å²) in [7, 11) is -0.344. The molecule has 164 valence electrons. The van der Waals surface area contributed by atoms with Gasteiger partial charge in [-0.1, -0.05) is 58.9 Å². The molecule has 0 radical (unpaired) electrons. The van der Waals surface area contributed by atoms with Gasteiger partial charge in [0, 0.05) is 5.92 Å². The number of benzene rings is 1. The van der Waals surface area contributed by atoms with Crippen LogP contribution in [0.1, 0.15) is 70.3 Å². The number of Topliss-reactive ketones (excluding diaryl/α,β-unsaturated/α-hetero) is 1. The third-order valence-corrected chi connectivity index (χ3v) is 12.4. The molecular weight excluding hydrogens is 388 g/mol. The molecule has 0 saturated carbocycles. The Morgan fingerprint density at radius 2 is 1.83 bits per heavy atom. The van der Waals surface area contributed by atoms with Crippen LogP contribution in [0.3, 0.4) is 0 Å². The van der Waals surface area contributed by atoms with Gasteiger partial charge in [-0.3, -0.25) is 4.79 Å². The molecule has 0 aromatic heterocycles. The fourth-order valence-corrected chi connectivity index (χ4v) is 6.14. The van der Waals surface area contributed by atoms with Gasteiger partial charge in [0.25, 0.3) is 0 Å². The highest BCUT2D eigenvalue weighted by Gasteiger charge is 2.49. The van der Waals surface area contributed by atoms with Crippen molar-refractivity contribution in [2.24, 2.45) is 11.3 Å². The summed E-state index contributed by atoms with van der Waals surface area (Å²) in [6, 6.07) is 5.84. The molecular formula is C26H38O3Si. The van der Waals surface area contributed by atoms with Gasteiger partial charge in [-0.05, 0) is 66.1 Å². The third-order valence-electron chi connectivity index (χ3n) is 7.88. The molecule has 2 aliphatic carbocycles. The van der Waals surface area contributed by atoms with Gasteiger partial charge in [-0.15, -0.1) is 0 Å². The van der Waals surface area contributed by atoms with Crippen molar-refractivity contribution in [2.75, 3.05) is 7.11 Å². The fraction of sp³-hybridized carbons (Fsp3) is 0.577. The van der Waals surface area contributed by atoms with Crippen molar-refractivity contribution in [3.8, 4) is 5.75 Å². The van der Waals surface area contributed by atoms with Gasteiger partial charge in [0.15, 0.2) is 14.1 Å². The van der Waals surface area contributed by atoms with Gasteiger partial charge in [0.1, 0.15) is 5.75 Å². The van der Waals surface area contributed by atoms with E-state index < -0.39 is 8.32 Å². The summed E-state index contributed by atoms with van der Waals surface area (Å²) >= 11 is 0. The average Bonchev–Trinajstić information content (AvgIpc) is 2.64. The van der Waals surface area contributed by atoms with Crippen molar-refractivity contribution < 1.29 is 14.0 Å². The van der Waals surface area contributed by atoms with E-state index in [0.29, 0.717) is 11.3 Å². The first-order chi connectivity index (χ1) is 13.7. The average molecular weight is 427 g/mol. The van der Waals surface area contributed by atoms with Gasteiger partial charge in [0.05, 0.1) is 18.8 Å². The smallest absolute Gasteiger partial charge is 0.192 e. The van der Waals surface area contributed by atoms with Crippen LogP contribution in [0.5, 0.6) is 5.75 Å². The van der Waals surface area contributed by atoms with Crippen LogP contribution in [-0.2, 0) is 4.43 Å². The van der Waals surface area contributed by atoms with E-state index in [2.05, 4.69) is 61.2 Å². The molecule has 30 heavy (non-hydrogen) atoms. The maximum atomic E-state index is 14.0. The predicted molar refractivity (Wildman–Crippen MR) is 128 cm³/mol. The normalized spacial score (nSPS) is 24.3. The molecule has 0 saturated heterocycles. The Morgan fingerprint density at radius 1 is 1.20 bits per heavy atom. The van der Waals surface area contributed by atoms with Crippen LogP contribution < -0.4 is 4.74 Å². The quantitative estimate of drug-likeness (QED) is 0.384. The lowest BCUT2D eigenvalue weighted by atomic mass is 9.59. The second-order valence-electron chi connectivity index (χ2n) is 11.1. The maximum absolute atomic E-state index is 14.0. The summed E-state index contributed by atoms with van der Waals surface area (Å²) in [5.41, 5.74) is 4.96. The maximum Gasteiger partial charge on any atom is 0.192 e. The topological polar surface area (TPSA) is 35.5 Å². The molecule has 0 amide bonds. The lowest BCUT2D eigenvalue weighted by Gasteiger charge is -2.48. The molecule has 0 N–H and O–H groups in total. The summed E-state index contributed by atoms with van der Waals surface area (Å²) in [6.45, 7) is 22.4. The monoisotopic (exact) mass is 426 g/mol. The number of ketones is 1. The van der Waals surface area contributed by atoms with Gasteiger partial charge < -0.3 is 9.16 Å². The Bertz CT molecular complexity index is 915. The number of allylic oxidation sites excluding steroid dienone is 2. The van der Waals surface area contributed by atoms with Gasteiger partial charge in [-0.25, -0.2) is 0 Å². The van der Waals surface area contributed by atoms with Crippen molar-refractivity contribution >= 4 is 19.7 Å². The summed E-state index contributed by atoms with van der Waals surface area (Å²) < 4.78 is 12.5. The molecule has 2 atom stereocenters. The highest BCUT2D eigenvalue weighted by molar-refractivity contribution is 6.74. The van der Waals surface area contributed by atoms with E-state index in [1.165, 1.54) is 11.1 Å². The number of hydrogen-bond donors (Lipinski definition) is 0. The zero-order chi connectivity index (χ0) is 22.6. The number of fused-ring (bicyclic) bond motifs is 3. The largest absolute Gasteiger partial charge is 0.496 e. The first-order valence-corrected chi connectivity index (χ1v) is 13.9. The van der Waals surface area contributed by atoms with E-state index in [9.17, 15) is 4.79 Å². The molecule has 4 heteroatoms. The highest BCUT2D eigenvalue weighted by Crippen LogP contribution is 2.53. The molecule has 0 aliphatic heterocycles. The van der Waals surface area contributed by atoms with Crippen LogP contribution in [-0.4, -0.2) is 27.3 Å². The van der Waals surface area contributed by atoms with Crippen LogP contribution in [0.2, 0.25) is 18.1 Å². The van der Waals surface area contributed by atoms with Gasteiger partial charge in [0.2, 0.25) is 0 Å². The van der Waals surface area contributed by atoms with Crippen LogP contribution >= 0.6 is 0 Å². The first-order valence-electron chi connectivity index (χ1n) is 11.0. The zero-order valence-electron chi connectivity index (χ0n) is 20.2. The lowest BCUT2D eigenvalue weighted by molar-refractivity contribution is 0.0676. The second kappa shape index (κ2) is 7.49. The number of methoxy groups -OCH3 is 1. The van der Waals surface area contributed by atoms with Crippen molar-refractivity contribution in [1.29, 1.82) is 0 Å². The van der Waals surface area contributed by atoms with E-state index in [4.69, 9.17) is 9.16 Å². The predicted octanol–water partition coefficient (Wildman–Crippen LogP) is 7.05. The number of hydrogen-bond acceptors (Lipinski definition) is 3. The number of carbonyl (C=O) groups is 1. The van der Waals surface area contributed by atoms with Crippen molar-refractivity contribution in [3.05, 3.63) is 47.1 Å². The van der Waals surface area contributed by atoms with Gasteiger partial charge >= 0.3 is 0 Å². The second-order valence-corrected chi connectivity index (χ2v) is 15.8. The Hall–Kier alpha value is -1.65.